The van der Waals surface area contributed by atoms with Gasteiger partial charge in [-0.25, -0.2) is 9.18 Å². The fourth-order valence-corrected chi connectivity index (χ4v) is 2.06. The molecule has 0 unspecified atom stereocenters. The van der Waals surface area contributed by atoms with Crippen molar-refractivity contribution in [2.45, 2.75) is 25.8 Å². The van der Waals surface area contributed by atoms with Crippen molar-refractivity contribution >= 4 is 11.7 Å². The zero-order valence-corrected chi connectivity index (χ0v) is 12.4. The number of rotatable bonds is 7. The minimum Gasteiger partial charge on any atom is -0.489 e. The Bertz CT molecular complexity index is 518. The summed E-state index contributed by atoms with van der Waals surface area (Å²) in [6.07, 6.45) is 2.42. The van der Waals surface area contributed by atoms with Gasteiger partial charge in [-0.2, -0.15) is 0 Å². The van der Waals surface area contributed by atoms with E-state index in [0.29, 0.717) is 19.2 Å². The van der Waals surface area contributed by atoms with Crippen molar-refractivity contribution in [2.24, 2.45) is 0 Å². The van der Waals surface area contributed by atoms with Crippen LogP contribution in [0, 0.1) is 5.82 Å². The van der Waals surface area contributed by atoms with Crippen LogP contribution in [0.25, 0.3) is 0 Å². The number of carbonyl (C=O) groups is 1. The minimum absolute atomic E-state index is 0.0245. The topological polar surface area (TPSA) is 64.8 Å². The van der Waals surface area contributed by atoms with Crippen LogP contribution in [-0.4, -0.2) is 43.7 Å². The molecule has 0 bridgehead atoms. The summed E-state index contributed by atoms with van der Waals surface area (Å²) in [6.45, 7) is 3.00. The van der Waals surface area contributed by atoms with Crippen molar-refractivity contribution in [3.63, 3.8) is 0 Å². The van der Waals surface area contributed by atoms with Crippen LogP contribution in [0.5, 0.6) is 5.75 Å². The Morgan fingerprint density at radius 2 is 2.19 bits per heavy atom. The average molecular weight is 296 g/mol. The highest BCUT2D eigenvalue weighted by atomic mass is 19.1. The summed E-state index contributed by atoms with van der Waals surface area (Å²) >= 11 is 0. The smallest absolute Gasteiger partial charge is 0.340 e. The normalized spacial score (nSPS) is 14.3. The van der Waals surface area contributed by atoms with Crippen LogP contribution in [0.4, 0.5) is 10.1 Å². The number of hydrogen-bond acceptors (Lipinski definition) is 5. The number of esters is 1. The highest BCUT2D eigenvalue weighted by molar-refractivity contribution is 5.95. The molecule has 21 heavy (non-hydrogen) atoms. The lowest BCUT2D eigenvalue weighted by Gasteiger charge is -2.16. The molecule has 2 rings (SSSR count). The Labute approximate surface area is 123 Å². The van der Waals surface area contributed by atoms with Crippen molar-refractivity contribution in [1.29, 1.82) is 0 Å². The van der Waals surface area contributed by atoms with E-state index in [1.165, 1.54) is 18.9 Å². The maximum Gasteiger partial charge on any atom is 0.340 e. The number of anilines is 1. The quantitative estimate of drug-likeness (QED) is 0.616. The molecule has 116 valence electrons. The molecular weight excluding hydrogens is 275 g/mol. The van der Waals surface area contributed by atoms with Gasteiger partial charge in [-0.05, 0) is 32.9 Å². The molecule has 1 aromatic rings. The fraction of sp³-hybridized carbons (Fsp3) is 0.533. The lowest BCUT2D eigenvalue weighted by molar-refractivity contribution is 0.0527. The van der Waals surface area contributed by atoms with Crippen LogP contribution < -0.4 is 10.5 Å². The minimum atomic E-state index is -0.574. The monoisotopic (exact) mass is 296 g/mol. The number of benzene rings is 1. The van der Waals surface area contributed by atoms with Crippen molar-refractivity contribution < 1.29 is 18.7 Å². The van der Waals surface area contributed by atoms with Gasteiger partial charge in [0, 0.05) is 24.3 Å². The predicted octanol–water partition coefficient (Wildman–Crippen LogP) is 2.06. The van der Waals surface area contributed by atoms with Gasteiger partial charge >= 0.3 is 5.97 Å². The van der Waals surface area contributed by atoms with E-state index in [-0.39, 0.29) is 23.6 Å². The molecular formula is C15H21FN2O3. The standard InChI is InChI=1S/C15H21FN2O3/c1-3-20-15(19)11-8-14(12(16)9-13(11)17)21-7-6-18(2)10-4-5-10/h8-10H,3-7,17H2,1-2H3. The molecule has 1 aliphatic rings. The van der Waals surface area contributed by atoms with E-state index < -0.39 is 11.8 Å². The number of carbonyl (C=O) groups excluding carboxylic acids is 1. The first-order valence-corrected chi connectivity index (χ1v) is 7.12. The molecule has 0 aliphatic heterocycles. The van der Waals surface area contributed by atoms with Crippen LogP contribution in [0.3, 0.4) is 0 Å². The van der Waals surface area contributed by atoms with Crippen molar-refractivity contribution in [3.05, 3.63) is 23.5 Å². The number of hydrogen-bond donors (Lipinski definition) is 1. The Hall–Kier alpha value is -1.82. The van der Waals surface area contributed by atoms with Gasteiger partial charge in [0.2, 0.25) is 0 Å². The number of ether oxygens (including phenoxy) is 2. The molecule has 1 fully saturated rings. The SMILES string of the molecule is CCOC(=O)c1cc(OCCN(C)C2CC2)c(F)cc1N. The number of nitrogens with zero attached hydrogens (tertiary/aromatic N) is 1. The van der Waals surface area contributed by atoms with Gasteiger partial charge in [-0.15, -0.1) is 0 Å². The van der Waals surface area contributed by atoms with E-state index in [2.05, 4.69) is 4.90 Å². The molecule has 5 nitrogen and oxygen atoms in total. The summed E-state index contributed by atoms with van der Waals surface area (Å²) in [6, 6.07) is 3.02. The highest BCUT2D eigenvalue weighted by Crippen LogP contribution is 2.26. The summed E-state index contributed by atoms with van der Waals surface area (Å²) in [4.78, 5) is 13.9. The molecule has 1 aliphatic carbocycles. The van der Waals surface area contributed by atoms with E-state index >= 15 is 0 Å². The third-order valence-corrected chi connectivity index (χ3v) is 3.47. The molecule has 0 atom stereocenters. The second-order valence-corrected chi connectivity index (χ2v) is 5.15. The van der Waals surface area contributed by atoms with Gasteiger partial charge in [-0.1, -0.05) is 0 Å². The van der Waals surface area contributed by atoms with Gasteiger partial charge in [0.05, 0.1) is 12.2 Å². The third-order valence-electron chi connectivity index (χ3n) is 3.47. The Balaban J connectivity index is 2.00. The molecule has 0 aromatic heterocycles. The number of halogens is 1. The zero-order chi connectivity index (χ0) is 15.4. The number of likely N-dealkylation sites (N-methyl/N-ethyl adjacent to an activating group) is 1. The van der Waals surface area contributed by atoms with E-state index in [1.54, 1.807) is 6.92 Å². The van der Waals surface area contributed by atoms with Gasteiger partial charge in [0.25, 0.3) is 0 Å². The van der Waals surface area contributed by atoms with E-state index in [0.717, 1.165) is 6.07 Å². The van der Waals surface area contributed by atoms with Crippen LogP contribution in [0.1, 0.15) is 30.1 Å². The fourth-order valence-electron chi connectivity index (χ4n) is 2.06. The maximum absolute atomic E-state index is 13.8. The zero-order valence-electron chi connectivity index (χ0n) is 12.4. The Kier molecular flexibility index (Phi) is 5.01. The second-order valence-electron chi connectivity index (χ2n) is 5.15. The van der Waals surface area contributed by atoms with Crippen LogP contribution in [0.15, 0.2) is 12.1 Å². The molecule has 0 amide bonds. The van der Waals surface area contributed by atoms with E-state index in [9.17, 15) is 9.18 Å². The lowest BCUT2D eigenvalue weighted by atomic mass is 10.1. The largest absolute Gasteiger partial charge is 0.489 e. The highest BCUT2D eigenvalue weighted by Gasteiger charge is 2.25. The molecule has 1 aromatic carbocycles. The van der Waals surface area contributed by atoms with Crippen molar-refractivity contribution in [2.75, 3.05) is 32.5 Å². The molecule has 0 saturated heterocycles. The van der Waals surface area contributed by atoms with Gasteiger partial charge in [-0.3, -0.25) is 0 Å². The molecule has 6 heteroatoms. The molecule has 0 heterocycles. The van der Waals surface area contributed by atoms with E-state index in [1.807, 2.05) is 7.05 Å². The summed E-state index contributed by atoms with van der Waals surface area (Å²) in [5.41, 5.74) is 5.82. The summed E-state index contributed by atoms with van der Waals surface area (Å²) in [5.74, 6) is -1.12. The van der Waals surface area contributed by atoms with Crippen molar-refractivity contribution in [1.82, 2.24) is 4.90 Å². The first-order chi connectivity index (χ1) is 10.0. The summed E-state index contributed by atoms with van der Waals surface area (Å²) in [7, 11) is 2.02. The lowest BCUT2D eigenvalue weighted by Crippen LogP contribution is -2.26. The van der Waals surface area contributed by atoms with Crippen molar-refractivity contribution in [3.8, 4) is 5.75 Å². The first-order valence-electron chi connectivity index (χ1n) is 7.12. The predicted molar refractivity (Wildman–Crippen MR) is 77.9 cm³/mol. The van der Waals surface area contributed by atoms with Gasteiger partial charge in [0.1, 0.15) is 6.61 Å². The number of nitrogens with two attached hydrogens (primary N) is 1. The maximum atomic E-state index is 13.8. The van der Waals surface area contributed by atoms with E-state index in [4.69, 9.17) is 15.2 Å². The van der Waals surface area contributed by atoms with Crippen LogP contribution in [-0.2, 0) is 4.74 Å². The first kappa shape index (κ1) is 15.6. The summed E-state index contributed by atoms with van der Waals surface area (Å²) in [5, 5.41) is 0. The molecule has 0 spiro atoms. The second kappa shape index (κ2) is 6.76. The Morgan fingerprint density at radius 3 is 2.81 bits per heavy atom. The molecule has 2 N–H and O–H groups in total. The molecule has 0 radical (unpaired) electrons. The van der Waals surface area contributed by atoms with Gasteiger partial charge in [0.15, 0.2) is 11.6 Å². The third kappa shape index (κ3) is 4.07. The summed E-state index contributed by atoms with van der Waals surface area (Å²) < 4.78 is 24.1. The Morgan fingerprint density at radius 1 is 1.48 bits per heavy atom. The van der Waals surface area contributed by atoms with Crippen LogP contribution >= 0.6 is 0 Å². The average Bonchev–Trinajstić information content (AvgIpc) is 3.25. The molecule has 1 saturated carbocycles. The van der Waals surface area contributed by atoms with Crippen LogP contribution in [0.2, 0.25) is 0 Å². The number of nitrogen functional groups attached to an aromatic ring is 1. The van der Waals surface area contributed by atoms with Gasteiger partial charge < -0.3 is 20.1 Å².